The largest absolute Gasteiger partial charge is 0.456 e. The normalized spacial score (nSPS) is 13.7. The molecule has 1 aromatic carbocycles. The number of hydrogen-bond donors (Lipinski definition) is 0. The van der Waals surface area contributed by atoms with Gasteiger partial charge in [-0.05, 0) is 64.2 Å². The molecule has 2 aromatic heterocycles. The lowest BCUT2D eigenvalue weighted by Crippen LogP contribution is -2.26. The van der Waals surface area contributed by atoms with Crippen LogP contribution in [0.25, 0.3) is 10.9 Å². The molecule has 3 aromatic rings. The van der Waals surface area contributed by atoms with Gasteiger partial charge in [0.25, 0.3) is 5.56 Å². The number of carbonyl (C=O) groups excluding carboxylic acids is 2. The summed E-state index contributed by atoms with van der Waals surface area (Å²) < 4.78 is 8.55. The summed E-state index contributed by atoms with van der Waals surface area (Å²) in [6.07, 6.45) is 9.52. The zero-order valence-corrected chi connectivity index (χ0v) is 19.2. The van der Waals surface area contributed by atoms with E-state index < -0.39 is 5.97 Å². The highest BCUT2D eigenvalue weighted by Crippen LogP contribution is 2.23. The van der Waals surface area contributed by atoms with Gasteiger partial charge in [0.15, 0.2) is 6.61 Å². The van der Waals surface area contributed by atoms with Crippen LogP contribution in [0.15, 0.2) is 53.1 Å². The molecule has 0 N–H and O–H groups in total. The zero-order valence-electron chi connectivity index (χ0n) is 19.2. The van der Waals surface area contributed by atoms with Crippen LogP contribution in [0.2, 0.25) is 0 Å². The Labute approximate surface area is 192 Å². The number of para-hydroxylation sites is 1. The lowest BCUT2D eigenvalue weighted by Gasteiger charge is -2.15. The van der Waals surface area contributed by atoms with E-state index in [1.165, 1.54) is 29.3 Å². The molecule has 33 heavy (non-hydrogen) atoms. The Morgan fingerprint density at radius 1 is 1.15 bits per heavy atom. The van der Waals surface area contributed by atoms with Crippen molar-refractivity contribution in [1.82, 2.24) is 14.1 Å². The first-order chi connectivity index (χ1) is 15.9. The summed E-state index contributed by atoms with van der Waals surface area (Å²) in [5.74, 6) is -0.899. The van der Waals surface area contributed by atoms with Crippen LogP contribution in [0.3, 0.4) is 0 Å². The molecule has 1 aliphatic rings. The van der Waals surface area contributed by atoms with E-state index in [1.807, 2.05) is 19.9 Å². The Bertz CT molecular complexity index is 1280. The Morgan fingerprint density at radius 2 is 1.97 bits per heavy atom. The fraction of sp³-hybridized carbons (Fsp3) is 0.385. The van der Waals surface area contributed by atoms with E-state index in [2.05, 4.69) is 15.6 Å². The minimum absolute atomic E-state index is 0.247. The van der Waals surface area contributed by atoms with Crippen LogP contribution in [0.5, 0.6) is 0 Å². The summed E-state index contributed by atoms with van der Waals surface area (Å²) in [6.45, 7) is 4.11. The number of fused-ring (bicyclic) bond motifs is 1. The van der Waals surface area contributed by atoms with Crippen molar-refractivity contribution in [2.45, 2.75) is 59.0 Å². The topological polar surface area (TPSA) is 83.2 Å². The van der Waals surface area contributed by atoms with Crippen LogP contribution in [0, 0.1) is 13.8 Å². The molecule has 7 heteroatoms. The maximum atomic E-state index is 12.8. The lowest BCUT2D eigenvalue weighted by molar-refractivity contribution is -0.143. The number of carbonyl (C=O) groups is 2. The summed E-state index contributed by atoms with van der Waals surface area (Å²) in [5, 5.41) is 0.431. The number of ether oxygens (including phenoxy) is 1. The van der Waals surface area contributed by atoms with Crippen molar-refractivity contribution < 1.29 is 14.3 Å². The van der Waals surface area contributed by atoms with Gasteiger partial charge in [-0.2, -0.15) is 0 Å². The molecule has 0 spiro atoms. The molecule has 0 saturated carbocycles. The molecule has 172 valence electrons. The van der Waals surface area contributed by atoms with Crippen molar-refractivity contribution in [2.24, 2.45) is 0 Å². The monoisotopic (exact) mass is 447 g/mol. The first-order valence-corrected chi connectivity index (χ1v) is 11.4. The number of aryl methyl sites for hydroxylation is 1. The molecule has 0 atom stereocenters. The van der Waals surface area contributed by atoms with Gasteiger partial charge in [0.2, 0.25) is 5.78 Å². The third-order valence-corrected chi connectivity index (χ3v) is 6.31. The van der Waals surface area contributed by atoms with Crippen LogP contribution >= 0.6 is 0 Å². The SMILES string of the molecule is Cc1cc(C(=O)COC(=O)Cn2cnc3ccccc3c2=O)c(C)n1CCC1=CCCCC1. The number of allylic oxidation sites excluding steroid dienone is 2. The van der Waals surface area contributed by atoms with Crippen LogP contribution in [-0.4, -0.2) is 32.5 Å². The minimum Gasteiger partial charge on any atom is -0.456 e. The average molecular weight is 448 g/mol. The predicted octanol–water partition coefficient (Wildman–Crippen LogP) is 4.13. The summed E-state index contributed by atoms with van der Waals surface area (Å²) in [5.41, 5.74) is 4.22. The van der Waals surface area contributed by atoms with E-state index >= 15 is 0 Å². The summed E-state index contributed by atoms with van der Waals surface area (Å²) >= 11 is 0. The van der Waals surface area contributed by atoms with Gasteiger partial charge in [-0.3, -0.25) is 19.0 Å². The Balaban J connectivity index is 1.36. The van der Waals surface area contributed by atoms with Gasteiger partial charge in [-0.1, -0.05) is 23.8 Å². The standard InChI is InChI=1S/C26H29N3O4/c1-18-14-22(19(2)29(18)13-12-20-8-4-3-5-9-20)24(30)16-33-25(31)15-28-17-27-23-11-7-6-10-21(23)26(28)32/h6-8,10-11,14,17H,3-5,9,12-13,15-16H2,1-2H3. The summed E-state index contributed by atoms with van der Waals surface area (Å²) in [7, 11) is 0. The fourth-order valence-corrected chi connectivity index (χ4v) is 4.44. The molecule has 0 radical (unpaired) electrons. The maximum absolute atomic E-state index is 12.8. The molecule has 0 saturated heterocycles. The number of ketones is 1. The average Bonchev–Trinajstić information content (AvgIpc) is 3.12. The molecule has 1 aliphatic carbocycles. The third kappa shape index (κ3) is 5.13. The third-order valence-electron chi connectivity index (χ3n) is 6.31. The molecule has 0 amide bonds. The maximum Gasteiger partial charge on any atom is 0.326 e. The number of rotatable bonds is 8. The van der Waals surface area contributed by atoms with Crippen molar-refractivity contribution in [3.63, 3.8) is 0 Å². The van der Waals surface area contributed by atoms with Crippen LogP contribution in [0.1, 0.15) is 53.8 Å². The van der Waals surface area contributed by atoms with E-state index in [9.17, 15) is 14.4 Å². The van der Waals surface area contributed by atoms with Crippen molar-refractivity contribution >= 4 is 22.7 Å². The molecule has 0 fully saturated rings. The highest BCUT2D eigenvalue weighted by Gasteiger charge is 2.18. The summed E-state index contributed by atoms with van der Waals surface area (Å²) in [4.78, 5) is 41.8. The second-order valence-electron chi connectivity index (χ2n) is 8.57. The quantitative estimate of drug-likeness (QED) is 0.295. The van der Waals surface area contributed by atoms with Crippen LogP contribution < -0.4 is 5.56 Å². The van der Waals surface area contributed by atoms with Gasteiger partial charge >= 0.3 is 5.97 Å². The molecular formula is C26H29N3O4. The number of hydrogen-bond acceptors (Lipinski definition) is 5. The number of benzene rings is 1. The molecule has 0 bridgehead atoms. The Kier molecular flexibility index (Phi) is 6.87. The number of nitrogens with zero attached hydrogens (tertiary/aromatic N) is 3. The molecule has 0 unspecified atom stereocenters. The second-order valence-corrected chi connectivity index (χ2v) is 8.57. The van der Waals surface area contributed by atoms with Crippen molar-refractivity contribution in [3.05, 3.63) is 75.6 Å². The van der Waals surface area contributed by atoms with Crippen LogP contribution in [-0.2, 0) is 22.6 Å². The first-order valence-electron chi connectivity index (χ1n) is 11.4. The first kappa shape index (κ1) is 22.7. The van der Waals surface area contributed by atoms with Crippen molar-refractivity contribution in [2.75, 3.05) is 6.61 Å². The second kappa shape index (κ2) is 9.98. The van der Waals surface area contributed by atoms with Gasteiger partial charge in [0.05, 0.1) is 17.2 Å². The number of Topliss-reactive ketones (excluding diaryl/α,β-unsaturated/α-hetero) is 1. The predicted molar refractivity (Wildman–Crippen MR) is 126 cm³/mol. The smallest absolute Gasteiger partial charge is 0.326 e. The van der Waals surface area contributed by atoms with E-state index in [4.69, 9.17) is 4.74 Å². The molecule has 4 rings (SSSR count). The van der Waals surface area contributed by atoms with Crippen molar-refractivity contribution in [3.8, 4) is 0 Å². The number of aromatic nitrogens is 3. The fourth-order valence-electron chi connectivity index (χ4n) is 4.44. The van der Waals surface area contributed by atoms with E-state index in [0.29, 0.717) is 16.5 Å². The van der Waals surface area contributed by atoms with Crippen molar-refractivity contribution in [1.29, 1.82) is 0 Å². The van der Waals surface area contributed by atoms with E-state index in [-0.39, 0.29) is 24.5 Å². The zero-order chi connectivity index (χ0) is 23.4. The molecule has 2 heterocycles. The van der Waals surface area contributed by atoms with Gasteiger partial charge in [-0.15, -0.1) is 0 Å². The highest BCUT2D eigenvalue weighted by atomic mass is 16.5. The van der Waals surface area contributed by atoms with Crippen LogP contribution in [0.4, 0.5) is 0 Å². The van der Waals surface area contributed by atoms with Gasteiger partial charge in [0, 0.05) is 23.5 Å². The Hall–Kier alpha value is -3.48. The lowest BCUT2D eigenvalue weighted by atomic mass is 9.97. The highest BCUT2D eigenvalue weighted by molar-refractivity contribution is 5.99. The van der Waals surface area contributed by atoms with E-state index in [1.54, 1.807) is 24.3 Å². The number of esters is 1. The van der Waals surface area contributed by atoms with Gasteiger partial charge < -0.3 is 9.30 Å². The van der Waals surface area contributed by atoms with Gasteiger partial charge in [-0.25, -0.2) is 4.98 Å². The van der Waals surface area contributed by atoms with E-state index in [0.717, 1.165) is 37.2 Å². The Morgan fingerprint density at radius 3 is 2.76 bits per heavy atom. The van der Waals surface area contributed by atoms with Gasteiger partial charge in [0.1, 0.15) is 6.54 Å². The molecular weight excluding hydrogens is 418 g/mol. The molecule has 0 aliphatic heterocycles. The molecule has 7 nitrogen and oxygen atoms in total. The minimum atomic E-state index is -0.652. The summed E-state index contributed by atoms with van der Waals surface area (Å²) in [6, 6.07) is 8.80.